The monoisotopic (exact) mass is 416 g/mol. The van der Waals surface area contributed by atoms with Gasteiger partial charge in [-0.2, -0.15) is 0 Å². The van der Waals surface area contributed by atoms with Crippen LogP contribution in [0.4, 0.5) is 14.5 Å². The van der Waals surface area contributed by atoms with Crippen LogP contribution in [0, 0.1) is 11.6 Å². The van der Waals surface area contributed by atoms with Crippen LogP contribution in [0.3, 0.4) is 0 Å². The summed E-state index contributed by atoms with van der Waals surface area (Å²) >= 11 is 0. The molecule has 5 rings (SSSR count). The second-order valence-electron chi connectivity index (χ2n) is 6.97. The Balaban J connectivity index is 1.61. The fourth-order valence-electron chi connectivity index (χ4n) is 3.44. The van der Waals surface area contributed by atoms with Crippen molar-refractivity contribution in [1.29, 1.82) is 0 Å². The van der Waals surface area contributed by atoms with E-state index < -0.39 is 17.5 Å². The number of carbonyl (C=O) groups excluding carboxylic acids is 1. The molecule has 2 heterocycles. The smallest absolute Gasteiger partial charge is 0.280 e. The topological polar surface area (TPSA) is 79.8 Å². The van der Waals surface area contributed by atoms with E-state index in [2.05, 4.69) is 15.4 Å². The molecule has 0 unspecified atom stereocenters. The van der Waals surface area contributed by atoms with Gasteiger partial charge in [0, 0.05) is 22.8 Å². The molecule has 6 nitrogen and oxygen atoms in total. The molecule has 0 saturated carbocycles. The van der Waals surface area contributed by atoms with E-state index >= 15 is 0 Å². The maximum absolute atomic E-state index is 13.4. The highest BCUT2D eigenvalue weighted by Gasteiger charge is 2.14. The van der Waals surface area contributed by atoms with E-state index in [-0.39, 0.29) is 5.56 Å². The number of carbonyl (C=O) groups is 1. The number of nitrogens with one attached hydrogen (secondary N) is 2. The first-order chi connectivity index (χ1) is 15.0. The fraction of sp³-hybridized carbons (Fsp3) is 0. The molecule has 1 amide bonds. The average molecular weight is 416 g/mol. The molecule has 2 N–H and O–H groups in total. The van der Waals surface area contributed by atoms with Crippen LogP contribution in [0.25, 0.3) is 27.5 Å². The van der Waals surface area contributed by atoms with Gasteiger partial charge >= 0.3 is 0 Å². The molecular formula is C23H14F2N4O2. The summed E-state index contributed by atoms with van der Waals surface area (Å²) in [6, 6.07) is 16.0. The normalized spacial score (nSPS) is 11.2. The van der Waals surface area contributed by atoms with Crippen molar-refractivity contribution in [2.45, 2.75) is 0 Å². The van der Waals surface area contributed by atoms with Crippen molar-refractivity contribution in [1.82, 2.24) is 14.8 Å². The van der Waals surface area contributed by atoms with Crippen molar-refractivity contribution in [3.8, 4) is 5.69 Å². The summed E-state index contributed by atoms with van der Waals surface area (Å²) in [7, 11) is 0. The zero-order valence-corrected chi connectivity index (χ0v) is 15.9. The van der Waals surface area contributed by atoms with E-state index in [1.165, 1.54) is 53.3 Å². The quantitative estimate of drug-likeness (QED) is 0.458. The second-order valence-corrected chi connectivity index (χ2v) is 6.97. The van der Waals surface area contributed by atoms with Crippen molar-refractivity contribution < 1.29 is 13.6 Å². The number of amides is 1. The lowest BCUT2D eigenvalue weighted by Crippen LogP contribution is -2.14. The van der Waals surface area contributed by atoms with Crippen molar-refractivity contribution in [3.05, 3.63) is 100 Å². The zero-order chi connectivity index (χ0) is 21.5. The van der Waals surface area contributed by atoms with E-state index in [0.29, 0.717) is 38.7 Å². The van der Waals surface area contributed by atoms with Crippen LogP contribution in [0.2, 0.25) is 0 Å². The number of hydrogen-bond donors (Lipinski definition) is 2. The number of H-pyrrole nitrogens is 1. The lowest BCUT2D eigenvalue weighted by molar-refractivity contribution is 0.102. The summed E-state index contributed by atoms with van der Waals surface area (Å²) in [5.41, 5.74) is 1.86. The average Bonchev–Trinajstić information content (AvgIpc) is 3.11. The molecule has 0 aliphatic carbocycles. The molecule has 0 fully saturated rings. The molecule has 8 heteroatoms. The SMILES string of the molecule is O=C(Nc1cccc(F)c1)c1ccc2ncc3c(=O)n(-c4ccc(F)cc4)[nH]c3c2c1. The van der Waals surface area contributed by atoms with Gasteiger partial charge in [-0.15, -0.1) is 0 Å². The lowest BCUT2D eigenvalue weighted by Gasteiger charge is -2.07. The molecule has 0 saturated heterocycles. The number of aromatic amines is 1. The van der Waals surface area contributed by atoms with Gasteiger partial charge < -0.3 is 5.32 Å². The van der Waals surface area contributed by atoms with Crippen molar-refractivity contribution in [2.75, 3.05) is 5.32 Å². The summed E-state index contributed by atoms with van der Waals surface area (Å²) in [4.78, 5) is 29.8. The first kappa shape index (κ1) is 18.7. The van der Waals surface area contributed by atoms with Crippen LogP contribution in [-0.4, -0.2) is 20.7 Å². The van der Waals surface area contributed by atoms with Crippen molar-refractivity contribution in [2.24, 2.45) is 0 Å². The summed E-state index contributed by atoms with van der Waals surface area (Å²) in [6.07, 6.45) is 1.46. The predicted molar refractivity (Wildman–Crippen MR) is 114 cm³/mol. The fourth-order valence-corrected chi connectivity index (χ4v) is 3.44. The minimum absolute atomic E-state index is 0.321. The van der Waals surface area contributed by atoms with Crippen LogP contribution < -0.4 is 10.9 Å². The van der Waals surface area contributed by atoms with E-state index in [1.807, 2.05) is 0 Å². The Morgan fingerprint density at radius 2 is 1.74 bits per heavy atom. The number of halogens is 2. The Bertz CT molecular complexity index is 1520. The van der Waals surface area contributed by atoms with Gasteiger partial charge in [-0.1, -0.05) is 6.07 Å². The van der Waals surface area contributed by atoms with Gasteiger partial charge in [0.05, 0.1) is 22.1 Å². The van der Waals surface area contributed by atoms with Crippen molar-refractivity contribution >= 4 is 33.4 Å². The number of hydrogen-bond acceptors (Lipinski definition) is 3. The Labute approximate surface area is 173 Å². The molecule has 152 valence electrons. The third-order valence-corrected chi connectivity index (χ3v) is 4.95. The van der Waals surface area contributed by atoms with Gasteiger partial charge in [0.2, 0.25) is 0 Å². The number of fused-ring (bicyclic) bond motifs is 3. The third-order valence-electron chi connectivity index (χ3n) is 4.95. The molecule has 0 atom stereocenters. The van der Waals surface area contributed by atoms with Gasteiger partial charge in [0.25, 0.3) is 11.5 Å². The molecule has 0 bridgehead atoms. The standard InChI is InChI=1S/C23H14F2N4O2/c24-14-5-7-17(8-6-14)29-23(31)19-12-26-20-9-4-13(10-18(20)21(19)28-29)22(30)27-16-3-1-2-15(25)11-16/h1-12,28H,(H,27,30). The number of rotatable bonds is 3. The summed E-state index contributed by atoms with van der Waals surface area (Å²) in [6.45, 7) is 0. The van der Waals surface area contributed by atoms with Crippen molar-refractivity contribution in [3.63, 3.8) is 0 Å². The highest BCUT2D eigenvalue weighted by atomic mass is 19.1. The van der Waals surface area contributed by atoms with Gasteiger partial charge in [-0.25, -0.2) is 13.5 Å². The van der Waals surface area contributed by atoms with Crippen LogP contribution in [0.1, 0.15) is 10.4 Å². The van der Waals surface area contributed by atoms with Gasteiger partial charge in [-0.05, 0) is 60.7 Å². The number of benzene rings is 3. The number of pyridine rings is 1. The van der Waals surface area contributed by atoms with Crippen LogP contribution >= 0.6 is 0 Å². The maximum atomic E-state index is 13.4. The highest BCUT2D eigenvalue weighted by Crippen LogP contribution is 2.23. The van der Waals surface area contributed by atoms with Gasteiger partial charge in [-0.3, -0.25) is 19.7 Å². The number of anilines is 1. The first-order valence-electron chi connectivity index (χ1n) is 9.36. The van der Waals surface area contributed by atoms with Gasteiger partial charge in [0.15, 0.2) is 0 Å². The summed E-state index contributed by atoms with van der Waals surface area (Å²) < 4.78 is 27.9. The molecule has 2 aromatic heterocycles. The molecule has 0 radical (unpaired) electrons. The molecule has 0 aliphatic heterocycles. The minimum Gasteiger partial charge on any atom is -0.322 e. The van der Waals surface area contributed by atoms with E-state index in [9.17, 15) is 18.4 Å². The number of nitrogens with zero attached hydrogens (tertiary/aromatic N) is 2. The third kappa shape index (κ3) is 3.33. The number of aromatic nitrogens is 3. The summed E-state index contributed by atoms with van der Waals surface area (Å²) in [5, 5.41) is 6.58. The van der Waals surface area contributed by atoms with Crippen LogP contribution in [0.5, 0.6) is 0 Å². The Hall–Kier alpha value is -4.33. The van der Waals surface area contributed by atoms with Gasteiger partial charge in [0.1, 0.15) is 11.6 Å². The molecule has 5 aromatic rings. The van der Waals surface area contributed by atoms with Crippen LogP contribution in [0.15, 0.2) is 77.7 Å². The molecule has 3 aromatic carbocycles. The highest BCUT2D eigenvalue weighted by molar-refractivity contribution is 6.10. The molecular weight excluding hydrogens is 402 g/mol. The largest absolute Gasteiger partial charge is 0.322 e. The minimum atomic E-state index is -0.457. The maximum Gasteiger partial charge on any atom is 0.280 e. The zero-order valence-electron chi connectivity index (χ0n) is 15.9. The van der Waals surface area contributed by atoms with Crippen LogP contribution in [-0.2, 0) is 0 Å². The van der Waals surface area contributed by atoms with E-state index in [0.717, 1.165) is 0 Å². The Morgan fingerprint density at radius 1 is 0.935 bits per heavy atom. The Kier molecular flexibility index (Phi) is 4.32. The summed E-state index contributed by atoms with van der Waals surface area (Å²) in [5.74, 6) is -1.29. The first-order valence-corrected chi connectivity index (χ1v) is 9.36. The molecule has 0 spiro atoms. The second kappa shape index (κ2) is 7.17. The van der Waals surface area contributed by atoms with E-state index in [4.69, 9.17) is 0 Å². The lowest BCUT2D eigenvalue weighted by atomic mass is 10.1. The van der Waals surface area contributed by atoms with E-state index in [1.54, 1.807) is 24.3 Å². The Morgan fingerprint density at radius 3 is 2.52 bits per heavy atom. The predicted octanol–water partition coefficient (Wildman–Crippen LogP) is 4.40. The molecule has 0 aliphatic rings. The molecule has 31 heavy (non-hydrogen) atoms.